The number of hydrazine groups is 1. The van der Waals surface area contributed by atoms with Crippen molar-refractivity contribution in [3.8, 4) is 0 Å². The van der Waals surface area contributed by atoms with Gasteiger partial charge in [-0.05, 0) is 11.6 Å². The van der Waals surface area contributed by atoms with Gasteiger partial charge in [0.25, 0.3) is 11.6 Å². The number of hydrogen-bond acceptors (Lipinski definition) is 7. The lowest BCUT2D eigenvalue weighted by Crippen LogP contribution is -2.51. The molecule has 0 bridgehead atoms. The number of anilines is 1. The first-order valence-corrected chi connectivity index (χ1v) is 9.47. The van der Waals surface area contributed by atoms with Gasteiger partial charge in [0.1, 0.15) is 11.9 Å². The summed E-state index contributed by atoms with van der Waals surface area (Å²) in [6.45, 7) is 0.716. The second-order valence-electron chi connectivity index (χ2n) is 6.86. The zero-order valence-corrected chi connectivity index (χ0v) is 16.5. The molecule has 1 unspecified atom stereocenters. The van der Waals surface area contributed by atoms with Crippen LogP contribution in [0.4, 0.5) is 11.4 Å². The highest BCUT2D eigenvalue weighted by Crippen LogP contribution is 2.19. The Hall–Kier alpha value is -3.99. The number of hydrogen-bond donors (Lipinski definition) is 4. The molecule has 2 aromatic rings. The molecule has 0 radical (unpaired) electrons. The minimum atomic E-state index is -0.958. The Kier molecular flexibility index (Phi) is 6.78. The van der Waals surface area contributed by atoms with Gasteiger partial charge in [0, 0.05) is 24.2 Å². The number of benzene rings is 2. The summed E-state index contributed by atoms with van der Waals surface area (Å²) in [5.41, 5.74) is 9.96. The number of nitrogens with two attached hydrogens (primary N) is 1. The lowest BCUT2D eigenvalue weighted by atomic mass is 10.1. The summed E-state index contributed by atoms with van der Waals surface area (Å²) in [4.78, 5) is 35.3. The molecule has 2 aromatic carbocycles. The summed E-state index contributed by atoms with van der Waals surface area (Å²) < 4.78 is 5.45. The van der Waals surface area contributed by atoms with Crippen LogP contribution in [-0.2, 0) is 20.9 Å². The third kappa shape index (κ3) is 5.76. The van der Waals surface area contributed by atoms with Crippen molar-refractivity contribution in [1.82, 2.24) is 10.3 Å². The third-order valence-electron chi connectivity index (χ3n) is 4.62. The van der Waals surface area contributed by atoms with Gasteiger partial charge < -0.3 is 15.8 Å². The number of ether oxygens (including phenoxy) is 1. The van der Waals surface area contributed by atoms with Crippen molar-refractivity contribution in [2.24, 2.45) is 5.73 Å². The van der Waals surface area contributed by atoms with Crippen LogP contribution in [0, 0.1) is 15.5 Å². The topological polar surface area (TPSA) is 164 Å². The smallest absolute Gasteiger partial charge is 0.271 e. The number of carbonyl (C=O) groups is 2. The van der Waals surface area contributed by atoms with E-state index in [1.165, 1.54) is 23.2 Å². The van der Waals surface area contributed by atoms with E-state index < -0.39 is 16.9 Å². The number of nitrogens with one attached hydrogen (secondary N) is 3. The summed E-state index contributed by atoms with van der Waals surface area (Å²) in [5.74, 6) is -0.822. The molecule has 1 saturated heterocycles. The molecule has 1 atom stereocenters. The fourth-order valence-corrected chi connectivity index (χ4v) is 2.99. The van der Waals surface area contributed by atoms with Crippen LogP contribution in [0.15, 0.2) is 48.5 Å². The van der Waals surface area contributed by atoms with Crippen LogP contribution >= 0.6 is 0 Å². The normalized spacial score (nSPS) is 15.9. The zero-order chi connectivity index (χ0) is 22.4. The van der Waals surface area contributed by atoms with Crippen molar-refractivity contribution in [2.75, 3.05) is 18.6 Å². The lowest BCUT2D eigenvalue weighted by molar-refractivity contribution is -0.384. The van der Waals surface area contributed by atoms with Gasteiger partial charge in [0.05, 0.1) is 30.2 Å². The van der Waals surface area contributed by atoms with Crippen molar-refractivity contribution in [1.29, 1.82) is 5.41 Å². The van der Waals surface area contributed by atoms with Crippen LogP contribution in [0.3, 0.4) is 0 Å². The standard InChI is InChI=1S/C20H22N6O5/c21-19(22)14-6-4-13(5-7-14)12-23-18(27)11-17-20(28)25(8-9-31-17)24-15-2-1-3-16(10-15)26(29)30/h1-7,10,17,24H,8-9,11-12H2,(H3,21,22)(H,23,27). The van der Waals surface area contributed by atoms with Gasteiger partial charge in [-0.15, -0.1) is 0 Å². The largest absolute Gasteiger partial charge is 0.384 e. The van der Waals surface area contributed by atoms with E-state index in [1.807, 2.05) is 0 Å². The molecule has 1 fully saturated rings. The minimum Gasteiger partial charge on any atom is -0.384 e. The number of nitro benzene ring substituents is 1. The third-order valence-corrected chi connectivity index (χ3v) is 4.62. The van der Waals surface area contributed by atoms with Crippen molar-refractivity contribution < 1.29 is 19.2 Å². The number of nitrogens with zero attached hydrogens (tertiary/aromatic N) is 2. The van der Waals surface area contributed by atoms with Gasteiger partial charge in [0.2, 0.25) is 5.91 Å². The molecule has 0 saturated carbocycles. The number of amides is 2. The molecule has 1 heterocycles. The fraction of sp³-hybridized carbons (Fsp3) is 0.250. The van der Waals surface area contributed by atoms with Crippen LogP contribution in [0.2, 0.25) is 0 Å². The highest BCUT2D eigenvalue weighted by Gasteiger charge is 2.31. The Morgan fingerprint density at radius 1 is 1.29 bits per heavy atom. The SMILES string of the molecule is N=C(N)c1ccc(CNC(=O)CC2OCCN(Nc3cccc([N+](=O)[O-])c3)C2=O)cc1. The van der Waals surface area contributed by atoms with E-state index in [0.717, 1.165) is 5.56 Å². The fourth-order valence-electron chi connectivity index (χ4n) is 2.99. The molecule has 1 aliphatic heterocycles. The maximum Gasteiger partial charge on any atom is 0.271 e. The van der Waals surface area contributed by atoms with Crippen LogP contribution in [0.25, 0.3) is 0 Å². The number of morpholine rings is 1. The number of nitro groups is 1. The van der Waals surface area contributed by atoms with E-state index in [0.29, 0.717) is 11.3 Å². The number of non-ortho nitro benzene ring substituents is 1. The Labute approximate surface area is 177 Å². The molecule has 3 rings (SSSR count). The highest BCUT2D eigenvalue weighted by atomic mass is 16.6. The Balaban J connectivity index is 1.53. The molecule has 162 valence electrons. The van der Waals surface area contributed by atoms with Gasteiger partial charge in [0.15, 0.2) is 0 Å². The second-order valence-corrected chi connectivity index (χ2v) is 6.86. The summed E-state index contributed by atoms with van der Waals surface area (Å²) in [5, 5.41) is 22.3. The molecule has 11 heteroatoms. The average Bonchev–Trinajstić information content (AvgIpc) is 2.75. The Bertz CT molecular complexity index is 994. The molecular formula is C20H22N6O5. The summed E-state index contributed by atoms with van der Waals surface area (Å²) >= 11 is 0. The second kappa shape index (κ2) is 9.67. The van der Waals surface area contributed by atoms with Crippen molar-refractivity contribution in [3.05, 3.63) is 69.8 Å². The van der Waals surface area contributed by atoms with E-state index in [9.17, 15) is 19.7 Å². The van der Waals surface area contributed by atoms with Gasteiger partial charge in [-0.3, -0.25) is 35.5 Å². The first kappa shape index (κ1) is 21.7. The maximum absolute atomic E-state index is 12.7. The monoisotopic (exact) mass is 426 g/mol. The van der Waals surface area contributed by atoms with E-state index in [2.05, 4.69) is 10.7 Å². The summed E-state index contributed by atoms with van der Waals surface area (Å²) in [7, 11) is 0. The Morgan fingerprint density at radius 3 is 2.71 bits per heavy atom. The van der Waals surface area contributed by atoms with Crippen LogP contribution in [0.5, 0.6) is 0 Å². The van der Waals surface area contributed by atoms with Crippen molar-refractivity contribution in [2.45, 2.75) is 19.1 Å². The maximum atomic E-state index is 12.7. The predicted octanol–water partition coefficient (Wildman–Crippen LogP) is 1.14. The average molecular weight is 426 g/mol. The van der Waals surface area contributed by atoms with E-state index >= 15 is 0 Å². The first-order valence-electron chi connectivity index (χ1n) is 9.47. The van der Waals surface area contributed by atoms with Crippen molar-refractivity contribution in [3.63, 3.8) is 0 Å². The molecule has 5 N–H and O–H groups in total. The van der Waals surface area contributed by atoms with Gasteiger partial charge >= 0.3 is 0 Å². The number of carbonyl (C=O) groups excluding carboxylic acids is 2. The van der Waals surface area contributed by atoms with Gasteiger partial charge in [-0.2, -0.15) is 0 Å². The molecular weight excluding hydrogens is 404 g/mol. The van der Waals surface area contributed by atoms with Crippen molar-refractivity contribution >= 4 is 29.0 Å². The van der Waals surface area contributed by atoms with Crippen LogP contribution in [0.1, 0.15) is 17.5 Å². The molecule has 0 spiro atoms. The highest BCUT2D eigenvalue weighted by molar-refractivity contribution is 5.94. The summed E-state index contributed by atoms with van der Waals surface area (Å²) in [6, 6.07) is 12.7. The number of rotatable bonds is 8. The van der Waals surface area contributed by atoms with E-state index in [4.69, 9.17) is 15.9 Å². The molecule has 1 aliphatic rings. The Morgan fingerprint density at radius 2 is 2.03 bits per heavy atom. The van der Waals surface area contributed by atoms with Crippen LogP contribution in [-0.4, -0.2) is 46.8 Å². The predicted molar refractivity (Wildman–Crippen MR) is 112 cm³/mol. The number of nitrogen functional groups attached to an aromatic ring is 1. The quantitative estimate of drug-likeness (QED) is 0.213. The molecule has 0 aliphatic carbocycles. The van der Waals surface area contributed by atoms with Crippen LogP contribution < -0.4 is 16.5 Å². The molecule has 2 amide bonds. The zero-order valence-electron chi connectivity index (χ0n) is 16.5. The number of amidine groups is 1. The minimum absolute atomic E-state index is 0.0354. The van der Waals surface area contributed by atoms with E-state index in [-0.39, 0.29) is 43.5 Å². The molecule has 31 heavy (non-hydrogen) atoms. The summed E-state index contributed by atoms with van der Waals surface area (Å²) in [6.07, 6.45) is -1.11. The van der Waals surface area contributed by atoms with E-state index in [1.54, 1.807) is 30.3 Å². The lowest BCUT2D eigenvalue weighted by Gasteiger charge is -2.32. The van der Waals surface area contributed by atoms with Gasteiger partial charge in [-0.25, -0.2) is 0 Å². The molecule has 11 nitrogen and oxygen atoms in total. The first-order chi connectivity index (χ1) is 14.8. The molecule has 0 aromatic heterocycles. The van der Waals surface area contributed by atoms with Gasteiger partial charge in [-0.1, -0.05) is 30.3 Å².